The third-order valence-corrected chi connectivity index (χ3v) is 6.65. The number of fused-ring (bicyclic) bond motifs is 1. The van der Waals surface area contributed by atoms with E-state index < -0.39 is 0 Å². The molecule has 0 unspecified atom stereocenters. The third kappa shape index (κ3) is 4.37. The molecule has 1 saturated heterocycles. The zero-order chi connectivity index (χ0) is 24.5. The van der Waals surface area contributed by atoms with Crippen LogP contribution in [0.1, 0.15) is 37.8 Å². The summed E-state index contributed by atoms with van der Waals surface area (Å²) < 4.78 is 16.4. The average molecular weight is 476 g/mol. The number of imide groups is 1. The molecule has 2 aliphatic rings. The highest BCUT2D eigenvalue weighted by Crippen LogP contribution is 2.34. The van der Waals surface area contributed by atoms with Gasteiger partial charge in [-0.25, -0.2) is 0 Å². The van der Waals surface area contributed by atoms with Gasteiger partial charge in [0.1, 0.15) is 11.5 Å². The van der Waals surface area contributed by atoms with Crippen LogP contribution in [-0.2, 0) is 13.1 Å². The van der Waals surface area contributed by atoms with Gasteiger partial charge >= 0.3 is 0 Å². The Labute approximate surface area is 204 Å². The van der Waals surface area contributed by atoms with Crippen molar-refractivity contribution < 1.29 is 23.5 Å². The van der Waals surface area contributed by atoms with Gasteiger partial charge in [-0.2, -0.15) is 0 Å². The van der Waals surface area contributed by atoms with Crippen molar-refractivity contribution in [1.29, 1.82) is 0 Å². The summed E-state index contributed by atoms with van der Waals surface area (Å²) in [6.45, 7) is 6.13. The third-order valence-electron chi connectivity index (χ3n) is 6.65. The normalized spacial score (nSPS) is 16.1. The van der Waals surface area contributed by atoms with Crippen LogP contribution in [0.15, 0.2) is 52.9 Å². The van der Waals surface area contributed by atoms with Crippen molar-refractivity contribution in [2.75, 3.05) is 45.3 Å². The van der Waals surface area contributed by atoms with Gasteiger partial charge in [0.2, 0.25) is 0 Å². The summed E-state index contributed by atoms with van der Waals surface area (Å²) in [4.78, 5) is 32.5. The predicted molar refractivity (Wildman–Crippen MR) is 131 cm³/mol. The highest BCUT2D eigenvalue weighted by Gasteiger charge is 2.38. The number of hydrogen-bond acceptors (Lipinski definition) is 7. The van der Waals surface area contributed by atoms with Crippen LogP contribution in [0.3, 0.4) is 0 Å². The summed E-state index contributed by atoms with van der Waals surface area (Å²) in [6, 6.07) is 14.9. The molecule has 3 aromatic rings. The lowest BCUT2D eigenvalue weighted by atomic mass is 10.1. The van der Waals surface area contributed by atoms with Crippen LogP contribution < -0.4 is 14.4 Å². The molecule has 0 bridgehead atoms. The fourth-order valence-electron chi connectivity index (χ4n) is 4.82. The van der Waals surface area contributed by atoms with E-state index in [1.165, 1.54) is 4.90 Å². The molecule has 0 radical (unpaired) electrons. The Balaban J connectivity index is 1.32. The second-order valence-electron chi connectivity index (χ2n) is 8.86. The van der Waals surface area contributed by atoms with Crippen LogP contribution in [0.4, 0.5) is 5.69 Å². The lowest BCUT2D eigenvalue weighted by Gasteiger charge is -2.36. The summed E-state index contributed by atoms with van der Waals surface area (Å²) in [5, 5.41) is 0. The van der Waals surface area contributed by atoms with Gasteiger partial charge in [0.15, 0.2) is 11.5 Å². The molecule has 1 fully saturated rings. The van der Waals surface area contributed by atoms with Gasteiger partial charge < -0.3 is 18.8 Å². The smallest absolute Gasteiger partial charge is 0.263 e. The number of piperazine rings is 1. The predicted octanol–water partition coefficient (Wildman–Crippen LogP) is 3.72. The lowest BCUT2D eigenvalue weighted by molar-refractivity contribution is 0.0642. The number of hydrogen-bond donors (Lipinski definition) is 0. The number of benzene rings is 2. The Bertz CT molecular complexity index is 1260. The number of amides is 2. The molecule has 0 saturated carbocycles. The minimum absolute atomic E-state index is 0.169. The largest absolute Gasteiger partial charge is 0.493 e. The molecule has 0 aliphatic carbocycles. The first-order valence-corrected chi connectivity index (χ1v) is 11.7. The fraction of sp³-hybridized carbons (Fsp3) is 0.333. The summed E-state index contributed by atoms with van der Waals surface area (Å²) in [7, 11) is 3.13. The van der Waals surface area contributed by atoms with Crippen molar-refractivity contribution in [3.05, 3.63) is 76.7 Å². The molecule has 35 heavy (non-hydrogen) atoms. The topological polar surface area (TPSA) is 75.5 Å². The molecule has 182 valence electrons. The maximum absolute atomic E-state index is 13.5. The van der Waals surface area contributed by atoms with Gasteiger partial charge in [-0.15, -0.1) is 0 Å². The molecule has 8 nitrogen and oxygen atoms in total. The van der Waals surface area contributed by atoms with Gasteiger partial charge in [0.25, 0.3) is 11.8 Å². The first-order valence-electron chi connectivity index (χ1n) is 11.7. The standard InChI is InChI=1S/C27H29N3O5/c1-18-7-9-20(35-18)17-28-11-13-29(14-12-28)22-6-4-5-21-25(22)27(32)30(26(21)31)16-19-8-10-23(33-2)24(15-19)34-3/h4-10,15H,11-14,16-17H2,1-3H3. The Kier molecular flexibility index (Phi) is 6.21. The zero-order valence-corrected chi connectivity index (χ0v) is 20.2. The van der Waals surface area contributed by atoms with E-state index in [-0.39, 0.29) is 18.4 Å². The zero-order valence-electron chi connectivity index (χ0n) is 20.2. The number of carbonyl (C=O) groups excluding carboxylic acids is 2. The molecule has 0 N–H and O–H groups in total. The van der Waals surface area contributed by atoms with Crippen molar-refractivity contribution in [2.45, 2.75) is 20.0 Å². The SMILES string of the molecule is COc1ccc(CN2C(=O)c3cccc(N4CCN(Cc5ccc(C)o5)CC4)c3C2=O)cc1OC. The number of nitrogens with zero attached hydrogens (tertiary/aromatic N) is 3. The number of carbonyl (C=O) groups is 2. The maximum atomic E-state index is 13.5. The van der Waals surface area contributed by atoms with E-state index in [4.69, 9.17) is 13.9 Å². The second-order valence-corrected chi connectivity index (χ2v) is 8.86. The maximum Gasteiger partial charge on any atom is 0.263 e. The van der Waals surface area contributed by atoms with E-state index >= 15 is 0 Å². The number of aryl methyl sites for hydroxylation is 1. The second kappa shape index (κ2) is 9.46. The lowest BCUT2D eigenvalue weighted by Crippen LogP contribution is -2.46. The van der Waals surface area contributed by atoms with Crippen LogP contribution in [0.2, 0.25) is 0 Å². The number of methoxy groups -OCH3 is 2. The van der Waals surface area contributed by atoms with Gasteiger partial charge in [-0.1, -0.05) is 12.1 Å². The summed E-state index contributed by atoms with van der Waals surface area (Å²) in [5.41, 5.74) is 2.57. The van der Waals surface area contributed by atoms with E-state index in [0.717, 1.165) is 55.5 Å². The van der Waals surface area contributed by atoms with Crippen LogP contribution in [0.25, 0.3) is 0 Å². The summed E-state index contributed by atoms with van der Waals surface area (Å²) in [6.07, 6.45) is 0. The van der Waals surface area contributed by atoms with Crippen molar-refractivity contribution in [1.82, 2.24) is 9.80 Å². The number of furan rings is 1. The first-order chi connectivity index (χ1) is 17.0. The van der Waals surface area contributed by atoms with E-state index in [0.29, 0.717) is 22.6 Å². The first kappa shape index (κ1) is 23.0. The van der Waals surface area contributed by atoms with Crippen molar-refractivity contribution in [2.24, 2.45) is 0 Å². The number of ether oxygens (including phenoxy) is 2. The molecule has 8 heteroatoms. The van der Waals surface area contributed by atoms with Crippen LogP contribution in [-0.4, -0.2) is 62.0 Å². The van der Waals surface area contributed by atoms with Crippen molar-refractivity contribution >= 4 is 17.5 Å². The molecule has 1 aromatic heterocycles. The molecular weight excluding hydrogens is 446 g/mol. The molecule has 5 rings (SSSR count). The quantitative estimate of drug-likeness (QED) is 0.482. The van der Waals surface area contributed by atoms with E-state index in [9.17, 15) is 9.59 Å². The van der Waals surface area contributed by atoms with E-state index in [1.54, 1.807) is 32.4 Å². The minimum atomic E-state index is -0.270. The Morgan fingerprint density at radius 3 is 2.31 bits per heavy atom. The fourth-order valence-corrected chi connectivity index (χ4v) is 4.82. The van der Waals surface area contributed by atoms with Gasteiger partial charge in [0, 0.05) is 26.2 Å². The van der Waals surface area contributed by atoms with E-state index in [2.05, 4.69) is 9.80 Å². The van der Waals surface area contributed by atoms with Crippen molar-refractivity contribution in [3.8, 4) is 11.5 Å². The van der Waals surface area contributed by atoms with Crippen LogP contribution in [0, 0.1) is 6.92 Å². The van der Waals surface area contributed by atoms with Gasteiger partial charge in [0.05, 0.1) is 44.1 Å². The molecular formula is C27H29N3O5. The van der Waals surface area contributed by atoms with Gasteiger partial charge in [-0.05, 0) is 48.9 Å². The van der Waals surface area contributed by atoms with Gasteiger partial charge in [-0.3, -0.25) is 19.4 Å². The molecule has 2 amide bonds. The molecule has 2 aliphatic heterocycles. The molecule has 3 heterocycles. The summed E-state index contributed by atoms with van der Waals surface area (Å²) >= 11 is 0. The number of rotatable bonds is 7. The average Bonchev–Trinajstić information content (AvgIpc) is 3.40. The monoisotopic (exact) mass is 475 g/mol. The van der Waals surface area contributed by atoms with Crippen LogP contribution >= 0.6 is 0 Å². The Morgan fingerprint density at radius 1 is 0.857 bits per heavy atom. The molecule has 0 spiro atoms. The summed E-state index contributed by atoms with van der Waals surface area (Å²) in [5.74, 6) is 2.51. The molecule has 0 atom stereocenters. The Morgan fingerprint density at radius 2 is 1.63 bits per heavy atom. The highest BCUT2D eigenvalue weighted by molar-refractivity contribution is 6.23. The van der Waals surface area contributed by atoms with Crippen molar-refractivity contribution in [3.63, 3.8) is 0 Å². The molecule has 2 aromatic carbocycles. The minimum Gasteiger partial charge on any atom is -0.493 e. The Hall–Kier alpha value is -3.78. The highest BCUT2D eigenvalue weighted by atomic mass is 16.5. The number of anilines is 1. The van der Waals surface area contributed by atoms with Crippen LogP contribution in [0.5, 0.6) is 11.5 Å². The van der Waals surface area contributed by atoms with E-state index in [1.807, 2.05) is 37.3 Å².